The molecule has 4 aromatic rings. The van der Waals surface area contributed by atoms with Crippen LogP contribution in [-0.4, -0.2) is 82.5 Å². The maximum Gasteiger partial charge on any atom is 0.573 e. The van der Waals surface area contributed by atoms with Gasteiger partial charge in [-0.3, -0.25) is 9.69 Å². The largest absolute Gasteiger partial charge is 0.573 e. The number of anilines is 3. The lowest BCUT2D eigenvalue weighted by Gasteiger charge is -2.46. The van der Waals surface area contributed by atoms with Gasteiger partial charge < -0.3 is 44.6 Å². The molecule has 1 saturated heterocycles. The molecule has 2 saturated carbocycles. The zero-order valence-electron chi connectivity index (χ0n) is 33.1. The molecule has 4 unspecified atom stereocenters. The fourth-order valence-electron chi connectivity index (χ4n) is 8.72. The number of hydrogen-bond acceptors (Lipinski definition) is 11. The van der Waals surface area contributed by atoms with E-state index in [1.807, 2.05) is 32.0 Å². The van der Waals surface area contributed by atoms with Crippen molar-refractivity contribution in [3.8, 4) is 17.2 Å². The van der Waals surface area contributed by atoms with E-state index < -0.39 is 17.9 Å². The molecule has 57 heavy (non-hydrogen) atoms. The summed E-state index contributed by atoms with van der Waals surface area (Å²) in [7, 11) is 3.27. The molecule has 16 heteroatoms. The molecule has 7 rings (SSSR count). The zero-order chi connectivity index (χ0) is 40.6. The Balaban J connectivity index is 0.974. The number of aromatic nitrogens is 3. The number of methoxy groups -OCH3 is 2. The first-order valence-electron chi connectivity index (χ1n) is 19.4. The van der Waals surface area contributed by atoms with Crippen molar-refractivity contribution in [2.45, 2.75) is 109 Å². The van der Waals surface area contributed by atoms with E-state index in [2.05, 4.69) is 55.9 Å². The van der Waals surface area contributed by atoms with Gasteiger partial charge in [-0.05, 0) is 89.6 Å². The summed E-state index contributed by atoms with van der Waals surface area (Å²) in [4.78, 5) is 24.7. The second-order valence-corrected chi connectivity index (χ2v) is 16.0. The van der Waals surface area contributed by atoms with Crippen LogP contribution in [-0.2, 0) is 20.8 Å². The van der Waals surface area contributed by atoms with Gasteiger partial charge in [0.15, 0.2) is 5.79 Å². The van der Waals surface area contributed by atoms with Gasteiger partial charge in [0.05, 0.1) is 43.1 Å². The quantitative estimate of drug-likeness (QED) is 0.103. The molecule has 4 atom stereocenters. The Morgan fingerprint density at radius 1 is 1.04 bits per heavy atom. The van der Waals surface area contributed by atoms with Gasteiger partial charge in [-0.1, -0.05) is 0 Å². The molecule has 3 fully saturated rings. The summed E-state index contributed by atoms with van der Waals surface area (Å²) in [5.41, 5.74) is 7.94. The molecule has 4 N–H and O–H groups in total. The molecule has 2 aliphatic carbocycles. The first kappa shape index (κ1) is 40.4. The summed E-state index contributed by atoms with van der Waals surface area (Å²) >= 11 is 0. The fourth-order valence-corrected chi connectivity index (χ4v) is 8.72. The van der Waals surface area contributed by atoms with Gasteiger partial charge in [-0.2, -0.15) is 0 Å². The lowest BCUT2D eigenvalue weighted by atomic mass is 9.76. The summed E-state index contributed by atoms with van der Waals surface area (Å²) in [5.74, 6) is 1.39. The number of nitrogens with zero attached hydrogens (tertiary/aromatic N) is 4. The standard InChI is InChI=1S/C41H52F3N7O6/c1-23(2)51(27-15-24(16-27)7-12-35(52)49-32-11-10-29(18-31(32)45)55-41(42,43)44)21-26-17-33(37-36(26)56-40(3,4)57-37)50-14-13-30-38(47-22-48-39(30)50)46-20-25-8-9-28(53-5)19-34(25)54-6/h8-11,13-14,18-19,22-24,26-27,33,36-37H,7,12,15-17,20-21,45H2,1-6H3,(H,49,52)(H,46,47,48). The Bertz CT molecular complexity index is 2050. The highest BCUT2D eigenvalue weighted by atomic mass is 19.4. The maximum absolute atomic E-state index is 12.8. The van der Waals surface area contributed by atoms with E-state index in [4.69, 9.17) is 29.7 Å². The van der Waals surface area contributed by atoms with E-state index >= 15 is 0 Å². The van der Waals surface area contributed by atoms with Crippen molar-refractivity contribution in [3.63, 3.8) is 0 Å². The van der Waals surface area contributed by atoms with Crippen molar-refractivity contribution < 1.29 is 41.7 Å². The second-order valence-electron chi connectivity index (χ2n) is 16.0. The Labute approximate surface area is 330 Å². The summed E-state index contributed by atoms with van der Waals surface area (Å²) < 4.78 is 68.0. The van der Waals surface area contributed by atoms with Crippen LogP contribution in [0.4, 0.5) is 30.4 Å². The van der Waals surface area contributed by atoms with Gasteiger partial charge >= 0.3 is 6.36 Å². The minimum atomic E-state index is -4.83. The minimum absolute atomic E-state index is 0.0000626. The number of ether oxygens (including phenoxy) is 5. The molecule has 1 aliphatic heterocycles. The van der Waals surface area contributed by atoms with Crippen LogP contribution in [0.3, 0.4) is 0 Å². The number of halogens is 3. The number of fused-ring (bicyclic) bond motifs is 2. The number of rotatable bonds is 15. The van der Waals surface area contributed by atoms with Crippen molar-refractivity contribution >= 4 is 34.1 Å². The summed E-state index contributed by atoms with van der Waals surface area (Å²) in [6, 6.07) is 12.0. The van der Waals surface area contributed by atoms with Crippen LogP contribution in [0, 0.1) is 11.8 Å². The summed E-state index contributed by atoms with van der Waals surface area (Å²) in [6.07, 6.45) is 2.40. The lowest BCUT2D eigenvalue weighted by molar-refractivity contribution is -0.274. The number of hydrogen-bond donors (Lipinski definition) is 3. The van der Waals surface area contributed by atoms with Crippen molar-refractivity contribution in [2.75, 3.05) is 37.1 Å². The van der Waals surface area contributed by atoms with E-state index in [1.165, 1.54) is 6.07 Å². The average molecular weight is 796 g/mol. The molecule has 2 aromatic heterocycles. The molecule has 308 valence electrons. The Morgan fingerprint density at radius 2 is 1.79 bits per heavy atom. The molecule has 3 heterocycles. The van der Waals surface area contributed by atoms with Gasteiger partial charge in [0, 0.05) is 61.4 Å². The Hall–Kier alpha value is -4.80. The highest BCUT2D eigenvalue weighted by Crippen LogP contribution is 2.49. The van der Waals surface area contributed by atoms with E-state index in [0.717, 1.165) is 71.9 Å². The van der Waals surface area contributed by atoms with Gasteiger partial charge in [0.2, 0.25) is 5.91 Å². The molecule has 0 radical (unpaired) electrons. The monoisotopic (exact) mass is 795 g/mol. The minimum Gasteiger partial charge on any atom is -0.497 e. The number of nitrogens with two attached hydrogens (primary N) is 1. The predicted octanol–water partition coefficient (Wildman–Crippen LogP) is 7.53. The second kappa shape index (κ2) is 16.2. The van der Waals surface area contributed by atoms with Crippen LogP contribution in [0.1, 0.15) is 71.4 Å². The highest BCUT2D eigenvalue weighted by Gasteiger charge is 2.55. The normalized spacial score (nSPS) is 24.1. The van der Waals surface area contributed by atoms with Crippen molar-refractivity contribution in [2.24, 2.45) is 11.8 Å². The number of nitrogen functional groups attached to an aromatic ring is 1. The number of amides is 1. The number of alkyl halides is 3. The Morgan fingerprint density at radius 3 is 2.49 bits per heavy atom. The smallest absolute Gasteiger partial charge is 0.497 e. The van der Waals surface area contributed by atoms with Crippen LogP contribution in [0.15, 0.2) is 55.0 Å². The number of benzene rings is 2. The first-order valence-corrected chi connectivity index (χ1v) is 19.4. The van der Waals surface area contributed by atoms with Gasteiger partial charge in [0.25, 0.3) is 0 Å². The molecular weight excluding hydrogens is 743 g/mol. The fraction of sp³-hybridized carbons (Fsp3) is 0.537. The maximum atomic E-state index is 12.8. The van der Waals surface area contributed by atoms with E-state index in [0.29, 0.717) is 31.0 Å². The molecule has 2 aromatic carbocycles. The van der Waals surface area contributed by atoms with Crippen LogP contribution >= 0.6 is 0 Å². The third-order valence-electron chi connectivity index (χ3n) is 11.5. The first-order chi connectivity index (χ1) is 27.1. The highest BCUT2D eigenvalue weighted by molar-refractivity contribution is 5.94. The van der Waals surface area contributed by atoms with Crippen LogP contribution in [0.5, 0.6) is 17.2 Å². The van der Waals surface area contributed by atoms with Gasteiger partial charge in [-0.15, -0.1) is 13.2 Å². The molecular formula is C41H52F3N7O6. The van der Waals surface area contributed by atoms with Crippen LogP contribution in [0.2, 0.25) is 0 Å². The Kier molecular flexibility index (Phi) is 11.5. The van der Waals surface area contributed by atoms with E-state index in [9.17, 15) is 18.0 Å². The molecule has 0 bridgehead atoms. The van der Waals surface area contributed by atoms with E-state index in [-0.39, 0.29) is 47.9 Å². The number of carbonyl (C=O) groups excluding carboxylic acids is 1. The third kappa shape index (κ3) is 9.02. The SMILES string of the molecule is COc1ccc(CNc2ncnc3c2ccn3C2CC(CN(C(C)C)C3CC(CCC(=O)Nc4ccc(OC(F)(F)F)cc4N)C3)C3OC(C)(C)OC32)c(OC)c1. The van der Waals surface area contributed by atoms with Gasteiger partial charge in [-0.25, -0.2) is 9.97 Å². The van der Waals surface area contributed by atoms with Crippen molar-refractivity contribution in [3.05, 3.63) is 60.6 Å². The average Bonchev–Trinajstić information content (AvgIpc) is 3.80. The predicted molar refractivity (Wildman–Crippen MR) is 209 cm³/mol. The van der Waals surface area contributed by atoms with E-state index in [1.54, 1.807) is 20.5 Å². The van der Waals surface area contributed by atoms with Crippen molar-refractivity contribution in [1.82, 2.24) is 19.4 Å². The number of carbonyl (C=O) groups is 1. The molecule has 3 aliphatic rings. The lowest BCUT2D eigenvalue weighted by Crippen LogP contribution is -2.51. The molecule has 0 spiro atoms. The molecule has 13 nitrogen and oxygen atoms in total. The van der Waals surface area contributed by atoms with Gasteiger partial charge in [0.1, 0.15) is 41.1 Å². The van der Waals surface area contributed by atoms with Crippen LogP contribution in [0.25, 0.3) is 11.0 Å². The third-order valence-corrected chi connectivity index (χ3v) is 11.5. The number of nitrogens with one attached hydrogen (secondary N) is 2. The molecule has 1 amide bonds. The zero-order valence-corrected chi connectivity index (χ0v) is 33.1. The van der Waals surface area contributed by atoms with Crippen molar-refractivity contribution in [1.29, 1.82) is 0 Å². The topological polar surface area (TPSA) is 147 Å². The summed E-state index contributed by atoms with van der Waals surface area (Å²) in [6.45, 7) is 9.76. The summed E-state index contributed by atoms with van der Waals surface area (Å²) in [5, 5.41) is 7.12. The van der Waals surface area contributed by atoms with Crippen LogP contribution < -0.4 is 30.6 Å².